The smallest absolute Gasteiger partial charge is 0.247 e. The first-order valence-corrected chi connectivity index (χ1v) is 10.3. The van der Waals surface area contributed by atoms with E-state index in [2.05, 4.69) is 10.1 Å². The Bertz CT molecular complexity index is 916. The predicted octanol–water partition coefficient (Wildman–Crippen LogP) is 1.85. The van der Waals surface area contributed by atoms with Gasteiger partial charge in [0.05, 0.1) is 5.69 Å². The van der Waals surface area contributed by atoms with E-state index in [9.17, 15) is 9.59 Å². The van der Waals surface area contributed by atoms with Crippen molar-refractivity contribution in [3.63, 3.8) is 0 Å². The number of fused-ring (bicyclic) bond motifs is 1. The van der Waals surface area contributed by atoms with Gasteiger partial charge in [-0.3, -0.25) is 14.3 Å². The fourth-order valence-electron chi connectivity index (χ4n) is 4.31. The minimum Gasteiger partial charge on any atom is -0.341 e. The number of hydrogen-bond acceptors (Lipinski definition) is 5. The number of amides is 2. The maximum absolute atomic E-state index is 12.9. The lowest BCUT2D eigenvalue weighted by atomic mass is 9.95. The van der Waals surface area contributed by atoms with Crippen molar-refractivity contribution in [1.29, 1.82) is 0 Å². The number of nitrogens with zero attached hydrogens (tertiary/aromatic N) is 6. The van der Waals surface area contributed by atoms with E-state index in [0.29, 0.717) is 19.6 Å². The topological polar surface area (TPSA) is 84.2 Å². The maximum atomic E-state index is 12.9. The van der Waals surface area contributed by atoms with Crippen LogP contribution >= 0.6 is 0 Å². The summed E-state index contributed by atoms with van der Waals surface area (Å²) in [6.07, 6.45) is 6.13. The molecule has 0 saturated carbocycles. The normalized spacial score (nSPS) is 18.4. The van der Waals surface area contributed by atoms with Crippen LogP contribution in [-0.4, -0.2) is 61.0 Å². The molecule has 0 spiro atoms. The van der Waals surface area contributed by atoms with Crippen molar-refractivity contribution in [2.45, 2.75) is 58.5 Å². The van der Waals surface area contributed by atoms with Crippen molar-refractivity contribution in [1.82, 2.24) is 29.5 Å². The molecule has 2 aromatic rings. The lowest BCUT2D eigenvalue weighted by molar-refractivity contribution is -0.135. The Labute approximate surface area is 170 Å². The molecule has 154 valence electrons. The fourth-order valence-corrected chi connectivity index (χ4v) is 4.31. The predicted molar refractivity (Wildman–Crippen MR) is 107 cm³/mol. The van der Waals surface area contributed by atoms with Gasteiger partial charge in [0.15, 0.2) is 0 Å². The third kappa shape index (κ3) is 3.88. The highest BCUT2D eigenvalue weighted by molar-refractivity contribution is 5.80. The minimum absolute atomic E-state index is 0.0938. The summed E-state index contributed by atoms with van der Waals surface area (Å²) in [5, 5.41) is 4.28. The van der Waals surface area contributed by atoms with Crippen LogP contribution in [0.15, 0.2) is 18.5 Å². The van der Waals surface area contributed by atoms with Crippen molar-refractivity contribution in [3.05, 3.63) is 41.2 Å². The number of carbonyl (C=O) groups is 2. The van der Waals surface area contributed by atoms with Crippen molar-refractivity contribution in [2.75, 3.05) is 19.6 Å². The second kappa shape index (κ2) is 7.93. The molecule has 29 heavy (non-hydrogen) atoms. The Morgan fingerprint density at radius 1 is 1.17 bits per heavy atom. The number of rotatable bonds is 3. The van der Waals surface area contributed by atoms with E-state index in [0.717, 1.165) is 48.6 Å². The van der Waals surface area contributed by atoms with Crippen molar-refractivity contribution >= 4 is 11.8 Å². The van der Waals surface area contributed by atoms with Crippen LogP contribution in [0.3, 0.4) is 0 Å². The van der Waals surface area contributed by atoms with Gasteiger partial charge in [-0.2, -0.15) is 5.10 Å². The average Bonchev–Trinajstić information content (AvgIpc) is 3.17. The number of hydrogen-bond donors (Lipinski definition) is 0. The number of likely N-dealkylation sites (tertiary alicyclic amines) is 1. The summed E-state index contributed by atoms with van der Waals surface area (Å²) in [6, 6.07) is 1.63. The molecular weight excluding hydrogens is 368 g/mol. The van der Waals surface area contributed by atoms with E-state index in [4.69, 9.17) is 4.98 Å². The van der Waals surface area contributed by atoms with Gasteiger partial charge < -0.3 is 9.80 Å². The molecule has 1 saturated heterocycles. The van der Waals surface area contributed by atoms with Gasteiger partial charge >= 0.3 is 0 Å². The van der Waals surface area contributed by atoms with E-state index >= 15 is 0 Å². The molecule has 0 aromatic carbocycles. The van der Waals surface area contributed by atoms with Gasteiger partial charge in [0.2, 0.25) is 11.8 Å². The van der Waals surface area contributed by atoms with E-state index in [1.807, 2.05) is 35.9 Å². The second-order valence-corrected chi connectivity index (χ2v) is 8.08. The van der Waals surface area contributed by atoms with Crippen LogP contribution in [0.25, 0.3) is 0 Å². The highest BCUT2D eigenvalue weighted by Crippen LogP contribution is 2.28. The molecule has 8 heteroatoms. The molecule has 2 aliphatic heterocycles. The molecule has 0 radical (unpaired) electrons. The number of carbonyl (C=O) groups excluding carboxylic acids is 2. The third-order valence-electron chi connectivity index (χ3n) is 6.16. The van der Waals surface area contributed by atoms with Crippen molar-refractivity contribution < 1.29 is 9.59 Å². The van der Waals surface area contributed by atoms with Crippen molar-refractivity contribution in [3.8, 4) is 0 Å². The third-order valence-corrected chi connectivity index (χ3v) is 6.16. The van der Waals surface area contributed by atoms with Gasteiger partial charge in [-0.25, -0.2) is 9.97 Å². The number of aromatic nitrogens is 4. The highest BCUT2D eigenvalue weighted by atomic mass is 16.2. The summed E-state index contributed by atoms with van der Waals surface area (Å²) in [6.45, 7) is 8.22. The Balaban J connectivity index is 1.38. The Morgan fingerprint density at radius 2 is 1.93 bits per heavy atom. The van der Waals surface area contributed by atoms with Gasteiger partial charge in [0.1, 0.15) is 11.9 Å². The average molecular weight is 396 g/mol. The van der Waals surface area contributed by atoms with Crippen LogP contribution < -0.4 is 0 Å². The van der Waals surface area contributed by atoms with Crippen LogP contribution in [0.4, 0.5) is 0 Å². The molecule has 0 bridgehead atoms. The summed E-state index contributed by atoms with van der Waals surface area (Å²) >= 11 is 0. The van der Waals surface area contributed by atoms with E-state index in [1.54, 1.807) is 17.8 Å². The van der Waals surface area contributed by atoms with Crippen molar-refractivity contribution in [2.24, 2.45) is 0 Å². The Hall–Kier alpha value is -2.77. The standard InChI is InChI=1S/C21H28N6O2/c1-14-4-8-23-27(14)15(2)21(29)25-9-5-17(6-10-25)20-22-12-18-13-26(16(3)28)11-7-19(18)24-20/h4,8,12,15,17H,5-7,9-11,13H2,1-3H3/t15-/m1/s1. The van der Waals surface area contributed by atoms with Crippen LogP contribution in [0.2, 0.25) is 0 Å². The molecule has 0 aliphatic carbocycles. The second-order valence-electron chi connectivity index (χ2n) is 8.08. The molecule has 0 unspecified atom stereocenters. The van der Waals surface area contributed by atoms with Crippen LogP contribution in [-0.2, 0) is 22.6 Å². The molecule has 2 aromatic heterocycles. The van der Waals surface area contributed by atoms with Gasteiger partial charge in [-0.1, -0.05) is 0 Å². The summed E-state index contributed by atoms with van der Waals surface area (Å²) in [7, 11) is 0. The van der Waals surface area contributed by atoms with Gasteiger partial charge in [0.25, 0.3) is 0 Å². The number of aryl methyl sites for hydroxylation is 1. The lowest BCUT2D eigenvalue weighted by Crippen LogP contribution is -2.42. The molecule has 2 aliphatic rings. The summed E-state index contributed by atoms with van der Waals surface area (Å²) in [4.78, 5) is 37.7. The first kappa shape index (κ1) is 19.5. The molecule has 1 fully saturated rings. The van der Waals surface area contributed by atoms with Gasteiger partial charge in [-0.15, -0.1) is 0 Å². The van der Waals surface area contributed by atoms with E-state index < -0.39 is 0 Å². The first-order valence-electron chi connectivity index (χ1n) is 10.3. The van der Waals surface area contributed by atoms with Crippen LogP contribution in [0.1, 0.15) is 61.4 Å². The zero-order valence-electron chi connectivity index (χ0n) is 17.3. The van der Waals surface area contributed by atoms with Crippen LogP contribution in [0.5, 0.6) is 0 Å². The van der Waals surface area contributed by atoms with Gasteiger partial charge in [-0.05, 0) is 32.8 Å². The highest BCUT2D eigenvalue weighted by Gasteiger charge is 2.30. The summed E-state index contributed by atoms with van der Waals surface area (Å²) in [5.41, 5.74) is 3.10. The molecule has 4 heterocycles. The first-order chi connectivity index (χ1) is 13.9. The minimum atomic E-state index is -0.286. The number of piperidine rings is 1. The quantitative estimate of drug-likeness (QED) is 0.791. The molecular formula is C21H28N6O2. The molecule has 1 atom stereocenters. The van der Waals surface area contributed by atoms with E-state index in [1.165, 1.54) is 0 Å². The maximum Gasteiger partial charge on any atom is 0.247 e. The SMILES string of the molecule is CC(=O)N1CCc2nc(C3CCN(C(=O)[C@@H](C)n4nccc4C)CC3)ncc2C1. The zero-order chi connectivity index (χ0) is 20.5. The summed E-state index contributed by atoms with van der Waals surface area (Å²) in [5.74, 6) is 1.36. The lowest BCUT2D eigenvalue weighted by Gasteiger charge is -2.33. The zero-order valence-corrected chi connectivity index (χ0v) is 17.3. The van der Waals surface area contributed by atoms with E-state index in [-0.39, 0.29) is 23.8 Å². The molecule has 8 nitrogen and oxygen atoms in total. The Kier molecular flexibility index (Phi) is 5.34. The molecule has 2 amide bonds. The Morgan fingerprint density at radius 3 is 2.59 bits per heavy atom. The fraction of sp³-hybridized carbons (Fsp3) is 0.571. The van der Waals surface area contributed by atoms with Crippen LogP contribution in [0, 0.1) is 6.92 Å². The molecule has 4 rings (SSSR count). The largest absolute Gasteiger partial charge is 0.341 e. The molecule has 0 N–H and O–H groups in total. The summed E-state index contributed by atoms with van der Waals surface area (Å²) < 4.78 is 1.78. The monoisotopic (exact) mass is 396 g/mol. The van der Waals surface area contributed by atoms with Gasteiger partial charge in [0, 0.05) is 69.1 Å².